The highest BCUT2D eigenvalue weighted by Crippen LogP contribution is 2.38. The van der Waals surface area contributed by atoms with Crippen LogP contribution in [-0.2, 0) is 9.59 Å². The maximum absolute atomic E-state index is 13.2. The molecular weight excluding hydrogens is 406 g/mol. The normalized spacial score (nSPS) is 14.8. The molecule has 6 heteroatoms. The van der Waals surface area contributed by atoms with Crippen LogP contribution in [-0.4, -0.2) is 24.0 Å². The van der Waals surface area contributed by atoms with Crippen LogP contribution >= 0.6 is 0 Å². The number of likely N-dealkylation sites (N-methyl/N-ethyl adjacent to an activating group) is 1. The maximum Gasteiger partial charge on any atom is 0.212 e. The van der Waals surface area contributed by atoms with Gasteiger partial charge in [-0.05, 0) is 42.5 Å². The zero-order valence-corrected chi connectivity index (χ0v) is 19.1. The van der Waals surface area contributed by atoms with E-state index in [1.54, 1.807) is 54.4 Å². The van der Waals surface area contributed by atoms with E-state index in [9.17, 15) is 9.59 Å². The van der Waals surface area contributed by atoms with Gasteiger partial charge in [-0.25, -0.2) is 0 Å². The van der Waals surface area contributed by atoms with Crippen LogP contribution < -0.4 is 0 Å². The van der Waals surface area contributed by atoms with Crippen molar-refractivity contribution < 1.29 is 22.8 Å². The minimum absolute atomic E-state index is 0.205. The molecule has 168 valence electrons. The van der Waals surface area contributed by atoms with E-state index in [0.717, 1.165) is 0 Å². The molecule has 0 amide bonds. The van der Waals surface area contributed by atoms with Crippen LogP contribution in [0.3, 0.4) is 0 Å². The molecule has 0 aromatic carbocycles. The molecule has 0 spiro atoms. The number of carbonyl (C=O) groups excluding carboxylic acids is 2. The number of nitrogens with zero attached hydrogens (tertiary/aromatic N) is 1. The zero-order valence-electron chi connectivity index (χ0n) is 19.1. The molecular formula is C26H29NO5. The molecule has 0 fully saturated rings. The molecule has 4 rings (SSSR count). The van der Waals surface area contributed by atoms with Crippen molar-refractivity contribution in [3.05, 3.63) is 89.3 Å². The lowest BCUT2D eigenvalue weighted by molar-refractivity contribution is -0.113. The van der Waals surface area contributed by atoms with Crippen LogP contribution in [0.4, 0.5) is 0 Å². The maximum atomic E-state index is 13.2. The summed E-state index contributed by atoms with van der Waals surface area (Å²) in [5, 5.41) is 0. The van der Waals surface area contributed by atoms with Crippen molar-refractivity contribution in [1.29, 1.82) is 0 Å². The molecule has 0 saturated carbocycles. The van der Waals surface area contributed by atoms with E-state index >= 15 is 0 Å². The molecule has 32 heavy (non-hydrogen) atoms. The predicted molar refractivity (Wildman–Crippen MR) is 125 cm³/mol. The molecule has 6 nitrogen and oxygen atoms in total. The van der Waals surface area contributed by atoms with Gasteiger partial charge in [-0.15, -0.1) is 0 Å². The summed E-state index contributed by atoms with van der Waals surface area (Å²) in [6, 6.07) is 10.4. The van der Waals surface area contributed by atoms with E-state index in [4.69, 9.17) is 13.3 Å². The summed E-state index contributed by atoms with van der Waals surface area (Å²) in [4.78, 5) is 26.7. The van der Waals surface area contributed by atoms with E-state index in [0.29, 0.717) is 35.0 Å². The van der Waals surface area contributed by atoms with Crippen LogP contribution in [0.25, 0.3) is 17.8 Å². The highest BCUT2D eigenvalue weighted by molar-refractivity contribution is 6.25. The number of furan rings is 3. The smallest absolute Gasteiger partial charge is 0.212 e. The highest BCUT2D eigenvalue weighted by Gasteiger charge is 2.37. The van der Waals surface area contributed by atoms with Crippen LogP contribution in [0.5, 0.6) is 0 Å². The van der Waals surface area contributed by atoms with Crippen molar-refractivity contribution in [2.24, 2.45) is 0 Å². The van der Waals surface area contributed by atoms with Gasteiger partial charge in [0.25, 0.3) is 0 Å². The van der Waals surface area contributed by atoms with Gasteiger partial charge in [0.2, 0.25) is 5.78 Å². The Bertz CT molecular complexity index is 1070. The quantitative estimate of drug-likeness (QED) is 0.338. The topological polar surface area (TPSA) is 76.8 Å². The Labute approximate surface area is 188 Å². The van der Waals surface area contributed by atoms with Gasteiger partial charge in [-0.2, -0.15) is 0 Å². The summed E-state index contributed by atoms with van der Waals surface area (Å²) < 4.78 is 16.1. The fraction of sp³-hybridized carbons (Fsp3) is 0.231. The monoisotopic (exact) mass is 435 g/mol. The number of Topliss-reactive ketones (excluding diaryl/α,β-unsaturated/α-hetero) is 1. The first-order chi connectivity index (χ1) is 15.6. The molecule has 0 bridgehead atoms. The fourth-order valence-electron chi connectivity index (χ4n) is 3.01. The molecule has 0 atom stereocenters. The molecule has 3 aromatic rings. The number of allylic oxidation sites excluding steroid dienone is 2. The molecule has 3 aromatic heterocycles. The average molecular weight is 436 g/mol. The van der Waals surface area contributed by atoms with Crippen molar-refractivity contribution in [3.63, 3.8) is 0 Å². The van der Waals surface area contributed by atoms with Crippen LogP contribution in [0.2, 0.25) is 0 Å². The van der Waals surface area contributed by atoms with Crippen LogP contribution in [0.1, 0.15) is 51.4 Å². The van der Waals surface area contributed by atoms with E-state index in [1.807, 2.05) is 13.8 Å². The summed E-state index contributed by atoms with van der Waals surface area (Å²) in [5.74, 6) is 1.19. The van der Waals surface area contributed by atoms with Crippen molar-refractivity contribution in [2.75, 3.05) is 7.05 Å². The first kappa shape index (κ1) is 24.5. The van der Waals surface area contributed by atoms with Gasteiger partial charge in [0, 0.05) is 18.7 Å². The molecule has 1 aliphatic rings. The van der Waals surface area contributed by atoms with Gasteiger partial charge in [-0.3, -0.25) is 9.59 Å². The Hall–Kier alpha value is -3.80. The third-order valence-corrected chi connectivity index (χ3v) is 4.23. The number of carbonyl (C=O) groups is 2. The Balaban J connectivity index is 0.000000671. The van der Waals surface area contributed by atoms with Crippen LogP contribution in [0, 0.1) is 0 Å². The predicted octanol–water partition coefficient (Wildman–Crippen LogP) is 6.46. The zero-order chi connectivity index (χ0) is 23.5. The SMILES string of the molecule is CC.CCC.CN1C(c2ccco2)=C(/C(C=O)=C\c2ccco2)C(=O)/C1=C\c1ccco1. The lowest BCUT2D eigenvalue weighted by atomic mass is 10.00. The standard InChI is InChI=1S/C21H15NO5.C3H8.C2H6/c1-22-17(12-16-6-3-9-26-16)21(24)19(20(22)18-7-4-10-27-18)14(13-23)11-15-5-2-8-25-15;1-3-2;1-2/h2-13H,1H3;3H2,1-2H3;1-2H3/b14-11-,17-12+;;. The van der Waals surface area contributed by atoms with Crippen molar-refractivity contribution in [3.8, 4) is 0 Å². The average Bonchev–Trinajstić information content (AvgIpc) is 3.60. The Kier molecular flexibility index (Phi) is 9.29. The number of aldehydes is 1. The van der Waals surface area contributed by atoms with Crippen molar-refractivity contribution in [1.82, 2.24) is 4.90 Å². The van der Waals surface area contributed by atoms with Gasteiger partial charge in [0.15, 0.2) is 12.0 Å². The second kappa shape index (κ2) is 12.2. The Morgan fingerprint density at radius 1 is 0.938 bits per heavy atom. The molecule has 0 radical (unpaired) electrons. The Morgan fingerprint density at radius 2 is 1.50 bits per heavy atom. The third-order valence-electron chi connectivity index (χ3n) is 4.23. The molecule has 1 aliphatic heterocycles. The molecule has 4 heterocycles. The van der Waals surface area contributed by atoms with Gasteiger partial charge >= 0.3 is 0 Å². The molecule has 0 unspecified atom stereocenters. The minimum atomic E-state index is -0.301. The molecule has 0 aliphatic carbocycles. The lowest BCUT2D eigenvalue weighted by Gasteiger charge is -2.15. The van der Waals surface area contributed by atoms with Gasteiger partial charge in [-0.1, -0.05) is 34.1 Å². The number of hydrogen-bond acceptors (Lipinski definition) is 6. The molecule has 0 saturated heterocycles. The Morgan fingerprint density at radius 3 is 2.00 bits per heavy atom. The third kappa shape index (κ3) is 5.46. The molecule has 0 N–H and O–H groups in total. The van der Waals surface area contributed by atoms with Crippen molar-refractivity contribution >= 4 is 29.9 Å². The van der Waals surface area contributed by atoms with Gasteiger partial charge in [0.1, 0.15) is 11.5 Å². The second-order valence-corrected chi connectivity index (χ2v) is 6.57. The van der Waals surface area contributed by atoms with E-state index < -0.39 is 0 Å². The summed E-state index contributed by atoms with van der Waals surface area (Å²) in [7, 11) is 1.74. The summed E-state index contributed by atoms with van der Waals surface area (Å²) in [6.45, 7) is 8.25. The minimum Gasteiger partial charge on any atom is -0.465 e. The first-order valence-electron chi connectivity index (χ1n) is 10.6. The van der Waals surface area contributed by atoms with E-state index in [1.165, 1.54) is 31.3 Å². The van der Waals surface area contributed by atoms with Gasteiger partial charge in [0.05, 0.1) is 35.8 Å². The summed E-state index contributed by atoms with van der Waals surface area (Å²) >= 11 is 0. The second-order valence-electron chi connectivity index (χ2n) is 6.57. The summed E-state index contributed by atoms with van der Waals surface area (Å²) in [6.07, 6.45) is 9.61. The number of hydrogen-bond donors (Lipinski definition) is 0. The lowest BCUT2D eigenvalue weighted by Crippen LogP contribution is -2.13. The largest absolute Gasteiger partial charge is 0.465 e. The van der Waals surface area contributed by atoms with Crippen LogP contribution in [0.15, 0.2) is 85.3 Å². The van der Waals surface area contributed by atoms with E-state index in [2.05, 4.69) is 13.8 Å². The van der Waals surface area contributed by atoms with Gasteiger partial charge < -0.3 is 18.2 Å². The van der Waals surface area contributed by atoms with Crippen molar-refractivity contribution in [2.45, 2.75) is 34.1 Å². The number of rotatable bonds is 5. The fourth-order valence-corrected chi connectivity index (χ4v) is 3.01. The highest BCUT2D eigenvalue weighted by atomic mass is 16.3. The first-order valence-corrected chi connectivity index (χ1v) is 10.6. The summed E-state index contributed by atoms with van der Waals surface area (Å²) in [5.41, 5.74) is 1.33. The van der Waals surface area contributed by atoms with E-state index in [-0.39, 0.29) is 16.9 Å². The number of ketones is 1.